The molecule has 0 atom stereocenters. The maximum atomic E-state index is 12.2. The first-order valence-corrected chi connectivity index (χ1v) is 9.26. The number of carbonyl (C=O) groups is 1. The molecule has 0 radical (unpaired) electrons. The van der Waals surface area contributed by atoms with Crippen LogP contribution in [0.1, 0.15) is 5.76 Å². The number of nitrogens with zero attached hydrogens (tertiary/aromatic N) is 4. The molecule has 2 heterocycles. The van der Waals surface area contributed by atoms with Gasteiger partial charge in [0.2, 0.25) is 11.1 Å². The molecule has 11 nitrogen and oxygen atoms in total. The molecule has 0 aliphatic carbocycles. The molecule has 0 saturated carbocycles. The Morgan fingerprint density at radius 1 is 1.31 bits per heavy atom. The smallest absolute Gasteiger partial charge is 0.264 e. The van der Waals surface area contributed by atoms with E-state index in [9.17, 15) is 4.79 Å². The normalized spacial score (nSPS) is 10.8. The lowest BCUT2D eigenvalue weighted by atomic mass is 10.2. The summed E-state index contributed by atoms with van der Waals surface area (Å²) in [6.45, 7) is 0. The molecule has 2 aromatic heterocycles. The molecule has 0 aliphatic heterocycles. The van der Waals surface area contributed by atoms with Gasteiger partial charge in [0.05, 0.1) is 32.5 Å². The number of furan rings is 1. The lowest BCUT2D eigenvalue weighted by Crippen LogP contribution is -2.17. The summed E-state index contributed by atoms with van der Waals surface area (Å²) < 4.78 is 16.7. The second-order valence-electron chi connectivity index (χ2n) is 5.50. The molecule has 3 aromatic rings. The Balaban J connectivity index is 1.54. The summed E-state index contributed by atoms with van der Waals surface area (Å²) in [6, 6.07) is 8.58. The number of nitrogens with two attached hydrogens (primary N) is 1. The van der Waals surface area contributed by atoms with Crippen molar-refractivity contribution in [3.8, 4) is 11.5 Å². The van der Waals surface area contributed by atoms with Gasteiger partial charge in [-0.05, 0) is 12.1 Å². The van der Waals surface area contributed by atoms with Crippen LogP contribution in [-0.2, 0) is 4.79 Å². The van der Waals surface area contributed by atoms with Gasteiger partial charge in [0.15, 0.2) is 0 Å². The predicted molar refractivity (Wildman–Crippen MR) is 109 cm³/mol. The molecule has 29 heavy (non-hydrogen) atoms. The minimum absolute atomic E-state index is 0.0739. The van der Waals surface area contributed by atoms with Crippen LogP contribution in [0.3, 0.4) is 0 Å². The molecule has 0 aliphatic rings. The van der Waals surface area contributed by atoms with E-state index in [2.05, 4.69) is 26.0 Å². The summed E-state index contributed by atoms with van der Waals surface area (Å²) in [6.07, 6.45) is 3.01. The third-order valence-corrected chi connectivity index (χ3v) is 4.47. The number of anilines is 2. The maximum absolute atomic E-state index is 12.2. The third kappa shape index (κ3) is 5.42. The Hall–Kier alpha value is -3.67. The van der Waals surface area contributed by atoms with Gasteiger partial charge in [-0.2, -0.15) is 5.10 Å². The van der Waals surface area contributed by atoms with Crippen LogP contribution < -0.4 is 26.1 Å². The number of benzene rings is 1. The zero-order valence-corrected chi connectivity index (χ0v) is 16.5. The fourth-order valence-electron chi connectivity index (χ4n) is 2.18. The van der Waals surface area contributed by atoms with Gasteiger partial charge >= 0.3 is 0 Å². The molecule has 3 rings (SSSR count). The number of methoxy groups -OCH3 is 2. The number of amides is 1. The lowest BCUT2D eigenvalue weighted by Gasteiger charge is -2.09. The first-order chi connectivity index (χ1) is 14.1. The summed E-state index contributed by atoms with van der Waals surface area (Å²) in [5.74, 6) is 7.67. The van der Waals surface area contributed by atoms with Crippen molar-refractivity contribution in [2.75, 3.05) is 36.6 Å². The standard InChI is InChI=1S/C17H19N7O4S/c1-26-13-6-11(7-14(8-13)27-2)20-15(25)10-29-17-23-22-16(24(17)18)21-19-9-12-4-3-5-28-12/h3-9H,10,18H2,1-2H3,(H,20,25)(H,21,22)/b19-9+. The maximum Gasteiger partial charge on any atom is 0.264 e. The zero-order chi connectivity index (χ0) is 20.6. The fraction of sp³-hybridized carbons (Fsp3) is 0.176. The highest BCUT2D eigenvalue weighted by molar-refractivity contribution is 7.99. The van der Waals surface area contributed by atoms with Gasteiger partial charge in [0, 0.05) is 23.9 Å². The van der Waals surface area contributed by atoms with Gasteiger partial charge in [0.25, 0.3) is 5.95 Å². The van der Waals surface area contributed by atoms with Crippen molar-refractivity contribution >= 4 is 35.5 Å². The quantitative estimate of drug-likeness (QED) is 0.205. The van der Waals surface area contributed by atoms with Crippen molar-refractivity contribution in [2.45, 2.75) is 5.16 Å². The van der Waals surface area contributed by atoms with E-state index in [4.69, 9.17) is 19.7 Å². The first kappa shape index (κ1) is 20.1. The summed E-state index contributed by atoms with van der Waals surface area (Å²) in [5, 5.41) is 14.9. The van der Waals surface area contributed by atoms with Gasteiger partial charge in [-0.3, -0.25) is 4.79 Å². The molecule has 12 heteroatoms. The van der Waals surface area contributed by atoms with Gasteiger partial charge in [-0.1, -0.05) is 11.8 Å². The second-order valence-corrected chi connectivity index (χ2v) is 6.44. The molecule has 0 saturated heterocycles. The van der Waals surface area contributed by atoms with E-state index in [1.165, 1.54) is 31.4 Å². The summed E-state index contributed by atoms with van der Waals surface area (Å²) in [4.78, 5) is 12.2. The molecule has 0 fully saturated rings. The first-order valence-electron chi connectivity index (χ1n) is 8.28. The van der Waals surface area contributed by atoms with Crippen LogP contribution in [-0.4, -0.2) is 47.0 Å². The van der Waals surface area contributed by atoms with Crippen LogP contribution in [0.25, 0.3) is 0 Å². The lowest BCUT2D eigenvalue weighted by molar-refractivity contribution is -0.113. The van der Waals surface area contributed by atoms with E-state index in [0.29, 0.717) is 28.1 Å². The number of rotatable bonds is 9. The van der Waals surface area contributed by atoms with E-state index in [-0.39, 0.29) is 17.6 Å². The number of hydrazone groups is 1. The molecule has 0 bridgehead atoms. The Morgan fingerprint density at radius 3 is 2.72 bits per heavy atom. The number of nitrogens with one attached hydrogen (secondary N) is 2. The largest absolute Gasteiger partial charge is 0.497 e. The third-order valence-electron chi connectivity index (χ3n) is 3.53. The van der Waals surface area contributed by atoms with Gasteiger partial charge < -0.3 is 25.1 Å². The van der Waals surface area contributed by atoms with E-state index in [0.717, 1.165) is 11.8 Å². The Kier molecular flexibility index (Phi) is 6.58. The van der Waals surface area contributed by atoms with Crippen LogP contribution in [0.15, 0.2) is 51.3 Å². The number of thioether (sulfide) groups is 1. The van der Waals surface area contributed by atoms with Gasteiger partial charge in [0.1, 0.15) is 17.3 Å². The average molecular weight is 417 g/mol. The monoisotopic (exact) mass is 417 g/mol. The van der Waals surface area contributed by atoms with Crippen molar-refractivity contribution in [2.24, 2.45) is 5.10 Å². The highest BCUT2D eigenvalue weighted by Crippen LogP contribution is 2.26. The van der Waals surface area contributed by atoms with Crippen LogP contribution >= 0.6 is 11.8 Å². The van der Waals surface area contributed by atoms with E-state index < -0.39 is 0 Å². The van der Waals surface area contributed by atoms with Crippen LogP contribution in [0.2, 0.25) is 0 Å². The molecule has 1 amide bonds. The van der Waals surface area contributed by atoms with Crippen molar-refractivity contribution in [1.29, 1.82) is 0 Å². The SMILES string of the molecule is COc1cc(NC(=O)CSc2nnc(N/N=C/c3ccco3)n2N)cc(OC)c1. The number of hydrogen-bond donors (Lipinski definition) is 3. The number of aromatic nitrogens is 3. The molecule has 0 spiro atoms. The number of nitrogen functional groups attached to an aromatic ring is 1. The van der Waals surface area contributed by atoms with E-state index >= 15 is 0 Å². The van der Waals surface area contributed by atoms with E-state index in [1.54, 1.807) is 30.3 Å². The number of carbonyl (C=O) groups excluding carboxylic acids is 1. The van der Waals surface area contributed by atoms with Crippen LogP contribution in [0, 0.1) is 0 Å². The van der Waals surface area contributed by atoms with Crippen LogP contribution in [0.5, 0.6) is 11.5 Å². The molecule has 4 N–H and O–H groups in total. The van der Waals surface area contributed by atoms with Crippen molar-refractivity contribution in [3.05, 3.63) is 42.4 Å². The molecule has 0 unspecified atom stereocenters. The van der Waals surface area contributed by atoms with Crippen LogP contribution in [0.4, 0.5) is 11.6 Å². The molecule has 152 valence electrons. The topological polar surface area (TPSA) is 142 Å². The number of ether oxygens (including phenoxy) is 2. The highest BCUT2D eigenvalue weighted by atomic mass is 32.2. The molecular weight excluding hydrogens is 398 g/mol. The van der Waals surface area contributed by atoms with E-state index in [1.807, 2.05) is 0 Å². The minimum atomic E-state index is -0.251. The van der Waals surface area contributed by atoms with Crippen molar-refractivity contribution in [3.63, 3.8) is 0 Å². The summed E-state index contributed by atoms with van der Waals surface area (Å²) >= 11 is 1.13. The van der Waals surface area contributed by atoms with Gasteiger partial charge in [-0.25, -0.2) is 10.1 Å². The molecular formula is C17H19N7O4S. The average Bonchev–Trinajstić information content (AvgIpc) is 3.36. The van der Waals surface area contributed by atoms with Crippen molar-refractivity contribution in [1.82, 2.24) is 14.9 Å². The fourth-order valence-corrected chi connectivity index (χ4v) is 2.83. The Bertz CT molecular complexity index is 966. The zero-order valence-electron chi connectivity index (χ0n) is 15.7. The Labute approximate surface area is 170 Å². The Morgan fingerprint density at radius 2 is 2.07 bits per heavy atom. The predicted octanol–water partition coefficient (Wildman–Crippen LogP) is 1.78. The summed E-state index contributed by atoms with van der Waals surface area (Å²) in [5.41, 5.74) is 3.21. The summed E-state index contributed by atoms with van der Waals surface area (Å²) in [7, 11) is 3.07. The molecule has 1 aromatic carbocycles. The second kappa shape index (κ2) is 9.50. The highest BCUT2D eigenvalue weighted by Gasteiger charge is 2.13. The van der Waals surface area contributed by atoms with Gasteiger partial charge in [-0.15, -0.1) is 10.2 Å². The minimum Gasteiger partial charge on any atom is -0.497 e. The van der Waals surface area contributed by atoms with Crippen molar-refractivity contribution < 1.29 is 18.7 Å². The number of hydrogen-bond acceptors (Lipinski definition) is 10.